The van der Waals surface area contributed by atoms with Crippen LogP contribution in [0.3, 0.4) is 0 Å². The molecule has 188 valence electrons. The first kappa shape index (κ1) is 24.3. The Hall–Kier alpha value is -4.41. The van der Waals surface area contributed by atoms with Crippen LogP contribution in [0.25, 0.3) is 22.0 Å². The molecule has 0 spiro atoms. The van der Waals surface area contributed by atoms with E-state index < -0.39 is 5.82 Å². The molecule has 9 nitrogen and oxygen atoms in total. The summed E-state index contributed by atoms with van der Waals surface area (Å²) < 4.78 is 20.6. The lowest BCUT2D eigenvalue weighted by Crippen LogP contribution is -2.49. The molecule has 2 aromatic carbocycles. The van der Waals surface area contributed by atoms with E-state index in [0.717, 1.165) is 12.4 Å². The number of fused-ring (bicyclic) bond motifs is 1. The predicted octanol–water partition coefficient (Wildman–Crippen LogP) is 3.86. The maximum Gasteiger partial charge on any atom is 0.247 e. The van der Waals surface area contributed by atoms with Crippen LogP contribution in [0, 0.1) is 5.82 Å². The average molecular weight is 500 g/mol. The third-order valence-corrected chi connectivity index (χ3v) is 6.10. The average Bonchev–Trinajstić information content (AvgIpc) is 2.93. The Morgan fingerprint density at radius 3 is 2.86 bits per heavy atom. The van der Waals surface area contributed by atoms with Crippen LogP contribution in [0.15, 0.2) is 73.6 Å². The van der Waals surface area contributed by atoms with Gasteiger partial charge in [-0.2, -0.15) is 0 Å². The lowest BCUT2D eigenvalue weighted by Gasteiger charge is -2.35. The smallest absolute Gasteiger partial charge is 0.247 e. The lowest BCUT2D eigenvalue weighted by molar-refractivity contribution is -0.111. The van der Waals surface area contributed by atoms with Crippen molar-refractivity contribution in [2.45, 2.75) is 6.04 Å². The number of hydrogen-bond donors (Lipinski definition) is 3. The summed E-state index contributed by atoms with van der Waals surface area (Å²) in [7, 11) is 0. The highest BCUT2D eigenvalue weighted by Gasteiger charge is 2.23. The van der Waals surface area contributed by atoms with Gasteiger partial charge in [-0.25, -0.2) is 19.3 Å². The Morgan fingerprint density at radius 2 is 2.08 bits per heavy atom. The zero-order valence-corrected chi connectivity index (χ0v) is 20.0. The number of amides is 1. The topological polar surface area (TPSA) is 118 Å². The zero-order valence-electron chi connectivity index (χ0n) is 20.0. The van der Waals surface area contributed by atoms with Gasteiger partial charge in [0.25, 0.3) is 0 Å². The number of halogens is 1. The molecule has 1 saturated heterocycles. The summed E-state index contributed by atoms with van der Waals surface area (Å²) in [6, 6.07) is 13.8. The third kappa shape index (κ3) is 5.25. The molecule has 1 aliphatic heterocycles. The maximum absolute atomic E-state index is 15.1. The number of nitrogens with one attached hydrogen (secondary N) is 2. The number of anilines is 4. The van der Waals surface area contributed by atoms with Crippen molar-refractivity contribution in [1.82, 2.24) is 15.0 Å². The minimum Gasteiger partial charge on any atom is -0.377 e. The summed E-state index contributed by atoms with van der Waals surface area (Å²) in [5, 5.41) is 6.53. The molecule has 0 radical (unpaired) electrons. The van der Waals surface area contributed by atoms with Gasteiger partial charge < -0.3 is 26.0 Å². The number of nitrogens with two attached hydrogens (primary N) is 1. The van der Waals surface area contributed by atoms with E-state index in [1.165, 1.54) is 12.1 Å². The van der Waals surface area contributed by atoms with Crippen molar-refractivity contribution in [1.29, 1.82) is 0 Å². The number of carbonyl (C=O) groups excluding carboxylic acids is 1. The molecule has 2 aromatic heterocycles. The number of carbonyl (C=O) groups is 1. The van der Waals surface area contributed by atoms with Gasteiger partial charge in [0.15, 0.2) is 0 Å². The van der Waals surface area contributed by atoms with E-state index in [2.05, 4.69) is 37.1 Å². The number of hydrogen-bond acceptors (Lipinski definition) is 8. The second-order valence-electron chi connectivity index (χ2n) is 8.52. The minimum absolute atomic E-state index is 0.0841. The van der Waals surface area contributed by atoms with Gasteiger partial charge in [-0.3, -0.25) is 4.79 Å². The van der Waals surface area contributed by atoms with E-state index >= 15 is 4.39 Å². The molecule has 0 saturated carbocycles. The normalized spacial score (nSPS) is 15.4. The summed E-state index contributed by atoms with van der Waals surface area (Å²) in [6.07, 6.45) is 4.51. The molecule has 10 heteroatoms. The maximum atomic E-state index is 15.1. The van der Waals surface area contributed by atoms with Crippen molar-refractivity contribution in [2.24, 2.45) is 5.73 Å². The Kier molecular flexibility index (Phi) is 7.02. The van der Waals surface area contributed by atoms with Crippen molar-refractivity contribution in [2.75, 3.05) is 41.8 Å². The van der Waals surface area contributed by atoms with E-state index in [-0.39, 0.29) is 11.9 Å². The second-order valence-corrected chi connectivity index (χ2v) is 8.52. The van der Waals surface area contributed by atoms with Crippen molar-refractivity contribution in [3.63, 3.8) is 0 Å². The molecule has 0 unspecified atom stereocenters. The van der Waals surface area contributed by atoms with Gasteiger partial charge in [0.1, 0.15) is 11.6 Å². The molecule has 1 amide bonds. The number of pyridine rings is 1. The number of morpholine rings is 1. The van der Waals surface area contributed by atoms with E-state index in [1.54, 1.807) is 42.7 Å². The molecule has 37 heavy (non-hydrogen) atoms. The number of benzene rings is 2. The first-order valence-electron chi connectivity index (χ1n) is 11.8. The number of ether oxygens (including phenoxy) is 1. The van der Waals surface area contributed by atoms with Crippen LogP contribution < -0.4 is 21.3 Å². The van der Waals surface area contributed by atoms with Crippen LogP contribution in [0.5, 0.6) is 0 Å². The fraction of sp³-hybridized carbons (Fsp3) is 0.185. The standard InChI is InChI=1S/C27H26FN7O2/c1-2-24(36)32-19-5-3-4-17(12-19)25-22(28)8-6-18-14-31-27(34-26(18)25)33-20-7-9-23(30-15-20)35-10-11-37-16-21(35)13-29/h2-9,12,14-15,21H,1,10-11,13,16,29H2,(H,32,36)(H,31,33,34)/t21-/m1/s1. The van der Waals surface area contributed by atoms with Crippen LogP contribution in [0.4, 0.5) is 27.5 Å². The van der Waals surface area contributed by atoms with Crippen molar-refractivity contribution in [3.05, 3.63) is 79.4 Å². The van der Waals surface area contributed by atoms with Gasteiger partial charge in [-0.15, -0.1) is 0 Å². The Bertz CT molecular complexity index is 1440. The van der Waals surface area contributed by atoms with Crippen molar-refractivity contribution < 1.29 is 13.9 Å². The number of aromatic nitrogens is 3. The first-order chi connectivity index (χ1) is 18.1. The van der Waals surface area contributed by atoms with E-state index in [9.17, 15) is 4.79 Å². The molecular weight excluding hydrogens is 473 g/mol. The minimum atomic E-state index is -0.435. The van der Waals surface area contributed by atoms with Crippen LogP contribution >= 0.6 is 0 Å². The van der Waals surface area contributed by atoms with Gasteiger partial charge in [0.05, 0.1) is 36.7 Å². The highest BCUT2D eigenvalue weighted by Crippen LogP contribution is 2.32. The quantitative estimate of drug-likeness (QED) is 0.328. The van der Waals surface area contributed by atoms with Crippen LogP contribution in [0.2, 0.25) is 0 Å². The largest absolute Gasteiger partial charge is 0.377 e. The van der Waals surface area contributed by atoms with E-state index in [1.807, 2.05) is 12.1 Å². The molecule has 4 N–H and O–H groups in total. The first-order valence-corrected chi connectivity index (χ1v) is 11.8. The molecule has 4 aromatic rings. The molecule has 1 fully saturated rings. The van der Waals surface area contributed by atoms with Crippen LogP contribution in [0.1, 0.15) is 0 Å². The summed E-state index contributed by atoms with van der Waals surface area (Å²) in [6.45, 7) is 5.87. The molecule has 0 aliphatic carbocycles. The highest BCUT2D eigenvalue weighted by molar-refractivity contribution is 6.00. The highest BCUT2D eigenvalue weighted by atomic mass is 19.1. The predicted molar refractivity (Wildman–Crippen MR) is 142 cm³/mol. The molecule has 0 bridgehead atoms. The van der Waals surface area contributed by atoms with Gasteiger partial charge in [-0.1, -0.05) is 18.7 Å². The van der Waals surface area contributed by atoms with Crippen molar-refractivity contribution in [3.8, 4) is 11.1 Å². The Labute approximate surface area is 213 Å². The molecule has 1 aliphatic rings. The molecular formula is C27H26FN7O2. The zero-order chi connectivity index (χ0) is 25.8. The molecule has 5 rings (SSSR count). The summed E-state index contributed by atoms with van der Waals surface area (Å²) in [5.41, 5.74) is 8.41. The number of rotatable bonds is 7. The lowest BCUT2D eigenvalue weighted by atomic mass is 10.0. The van der Waals surface area contributed by atoms with Gasteiger partial charge in [0, 0.05) is 35.9 Å². The van der Waals surface area contributed by atoms with Crippen LogP contribution in [-0.4, -0.2) is 53.2 Å². The fourth-order valence-corrected chi connectivity index (χ4v) is 4.26. The SMILES string of the molecule is C=CC(=O)Nc1cccc(-c2c(F)ccc3cnc(Nc4ccc(N5CCOC[C@H]5CN)nc4)nc23)c1. The fourth-order valence-electron chi connectivity index (χ4n) is 4.26. The second kappa shape index (κ2) is 10.7. The summed E-state index contributed by atoms with van der Waals surface area (Å²) >= 11 is 0. The Balaban J connectivity index is 1.44. The van der Waals surface area contributed by atoms with Gasteiger partial charge >= 0.3 is 0 Å². The van der Waals surface area contributed by atoms with Crippen molar-refractivity contribution >= 4 is 40.0 Å². The van der Waals surface area contributed by atoms with Gasteiger partial charge in [-0.05, 0) is 48.0 Å². The monoisotopic (exact) mass is 499 g/mol. The number of nitrogens with zero attached hydrogens (tertiary/aromatic N) is 4. The van der Waals surface area contributed by atoms with Crippen LogP contribution in [-0.2, 0) is 9.53 Å². The third-order valence-electron chi connectivity index (χ3n) is 6.10. The summed E-state index contributed by atoms with van der Waals surface area (Å²) in [5.74, 6) is 0.333. The van der Waals surface area contributed by atoms with Gasteiger partial charge in [0.2, 0.25) is 11.9 Å². The molecule has 3 heterocycles. The summed E-state index contributed by atoms with van der Waals surface area (Å²) in [4.78, 5) is 27.4. The molecule has 1 atom stereocenters. The Morgan fingerprint density at radius 1 is 1.19 bits per heavy atom. The van der Waals surface area contributed by atoms with E-state index in [0.29, 0.717) is 59.1 Å². The van der Waals surface area contributed by atoms with E-state index in [4.69, 9.17) is 10.5 Å².